The van der Waals surface area contributed by atoms with Gasteiger partial charge in [0.2, 0.25) is 11.9 Å². The van der Waals surface area contributed by atoms with Crippen LogP contribution in [0.15, 0.2) is 41.5 Å². The van der Waals surface area contributed by atoms with Gasteiger partial charge in [-0.15, -0.1) is 0 Å². The molecule has 0 aliphatic carbocycles. The van der Waals surface area contributed by atoms with Crippen LogP contribution in [0.5, 0.6) is 0 Å². The monoisotopic (exact) mass is 751 g/mol. The molecule has 4 atom stereocenters. The van der Waals surface area contributed by atoms with Gasteiger partial charge in [-0.1, -0.05) is 59.7 Å². The van der Waals surface area contributed by atoms with Crippen LogP contribution >= 0.6 is 0 Å². The molecule has 0 saturated carbocycles. The van der Waals surface area contributed by atoms with E-state index in [0.29, 0.717) is 0 Å². The van der Waals surface area contributed by atoms with Gasteiger partial charge in [0.15, 0.2) is 34.0 Å². The Labute approximate surface area is 295 Å². The van der Waals surface area contributed by atoms with E-state index >= 15 is 0 Å². The van der Waals surface area contributed by atoms with Crippen molar-refractivity contribution < 1.29 is 40.0 Å². The van der Waals surface area contributed by atoms with Crippen LogP contribution in [0.1, 0.15) is 65.1 Å². The first-order chi connectivity index (χ1) is 22.9. The maximum Gasteiger partial charge on any atom is 0.400 e. The first kappa shape index (κ1) is 39.7. The van der Waals surface area contributed by atoms with Gasteiger partial charge in [0.1, 0.15) is 18.3 Å². The lowest BCUT2D eigenvalue weighted by Gasteiger charge is -2.40. The van der Waals surface area contributed by atoms with E-state index in [-0.39, 0.29) is 39.4 Å². The van der Waals surface area contributed by atoms with Crippen molar-refractivity contribution in [1.29, 1.82) is 0 Å². The minimum absolute atomic E-state index is 0.0379. The quantitative estimate of drug-likeness (QED) is 0.264. The van der Waals surface area contributed by atoms with Crippen LogP contribution < -0.4 is 10.9 Å². The first-order valence-electron chi connectivity index (χ1n) is 16.2. The Hall–Kier alpha value is -3.11. The number of ether oxygens (including phenoxy) is 1. The van der Waals surface area contributed by atoms with Crippen molar-refractivity contribution in [3.05, 3.63) is 52.6 Å². The average molecular weight is 752 g/mol. The molecule has 1 N–H and O–H groups in total. The smallest absolute Gasteiger partial charge is 0.400 e. The predicted octanol–water partition coefficient (Wildman–Crippen LogP) is 4.83. The highest BCUT2D eigenvalue weighted by atomic mass is 32.3. The summed E-state index contributed by atoms with van der Waals surface area (Å²) >= 11 is 0. The molecule has 0 spiro atoms. The van der Waals surface area contributed by atoms with Crippen LogP contribution in [-0.2, 0) is 37.1 Å². The SMILES string of the molecule is COS(=O)(=O)OC1C(CO[Si](C)(C)C(C)(C)C)OC(n2cnc3c(=O)n(C(=O)c4ccccc4)c(NC(C)=O)nc32)C1O[Si](C)(C)C(C)(C)C. The number of benzene rings is 1. The van der Waals surface area contributed by atoms with Crippen LogP contribution in [0.4, 0.5) is 5.95 Å². The van der Waals surface area contributed by atoms with Crippen molar-refractivity contribution >= 4 is 56.0 Å². The standard InChI is InChI=1S/C32H49N5O10SSi2/c1-20(38)34-30-35-26-23(28(40)37(30)27(39)21-16-14-13-15-17-21)33-19-36(26)29-25(47-50(11,12)32(5,6)7)24(46-48(41,42)43-8)22(45-29)18-44-49(9,10)31(2,3)4/h13-17,19,22,24-25,29H,18H2,1-12H3,(H,34,35,38). The van der Waals surface area contributed by atoms with Gasteiger partial charge in [-0.05, 0) is 48.4 Å². The molecule has 4 unspecified atom stereocenters. The lowest BCUT2D eigenvalue weighted by atomic mass is 10.1. The summed E-state index contributed by atoms with van der Waals surface area (Å²) in [5.74, 6) is -1.63. The van der Waals surface area contributed by atoms with Gasteiger partial charge in [0, 0.05) is 12.5 Å². The highest BCUT2D eigenvalue weighted by molar-refractivity contribution is 7.81. The van der Waals surface area contributed by atoms with E-state index in [1.807, 2.05) is 33.9 Å². The minimum Gasteiger partial charge on any atom is -0.414 e. The van der Waals surface area contributed by atoms with Crippen molar-refractivity contribution in [1.82, 2.24) is 19.1 Å². The van der Waals surface area contributed by atoms with Crippen LogP contribution in [0.2, 0.25) is 36.3 Å². The molecule has 1 aromatic carbocycles. The van der Waals surface area contributed by atoms with Crippen LogP contribution in [0, 0.1) is 0 Å². The summed E-state index contributed by atoms with van der Waals surface area (Å²) in [4.78, 5) is 48.7. The third-order valence-electron chi connectivity index (χ3n) is 9.75. The number of nitrogens with zero attached hydrogens (tertiary/aromatic N) is 4. The number of hydrogen-bond donors (Lipinski definition) is 1. The van der Waals surface area contributed by atoms with Crippen molar-refractivity contribution in [3.8, 4) is 0 Å². The number of rotatable bonds is 11. The van der Waals surface area contributed by atoms with E-state index in [9.17, 15) is 22.8 Å². The number of carbonyl (C=O) groups excluding carboxylic acids is 2. The van der Waals surface area contributed by atoms with Gasteiger partial charge in [-0.2, -0.15) is 13.4 Å². The van der Waals surface area contributed by atoms with E-state index < -0.39 is 68.9 Å². The molecule has 1 saturated heterocycles. The molecule has 276 valence electrons. The highest BCUT2D eigenvalue weighted by Crippen LogP contribution is 2.44. The normalized spacial score (nSPS) is 20.7. The maximum absolute atomic E-state index is 14.0. The van der Waals surface area contributed by atoms with Gasteiger partial charge in [0.25, 0.3) is 11.5 Å². The van der Waals surface area contributed by atoms with Crippen LogP contribution in [0.25, 0.3) is 11.2 Å². The Morgan fingerprint density at radius 3 is 2.12 bits per heavy atom. The molecular formula is C32H49N5O10SSi2. The number of hydrogen-bond acceptors (Lipinski definition) is 12. The van der Waals surface area contributed by atoms with Crippen molar-refractivity contribution in [2.75, 3.05) is 19.0 Å². The number of fused-ring (bicyclic) bond motifs is 1. The molecule has 1 aliphatic heterocycles. The molecule has 1 fully saturated rings. The zero-order valence-corrected chi connectivity index (χ0v) is 33.6. The van der Waals surface area contributed by atoms with E-state index in [2.05, 4.69) is 49.1 Å². The van der Waals surface area contributed by atoms with Gasteiger partial charge in [0.05, 0.1) is 20.0 Å². The zero-order chi connectivity index (χ0) is 37.6. The first-order valence-corrected chi connectivity index (χ1v) is 23.4. The molecule has 1 aliphatic rings. The van der Waals surface area contributed by atoms with Gasteiger partial charge < -0.3 is 13.6 Å². The van der Waals surface area contributed by atoms with E-state index in [0.717, 1.165) is 11.7 Å². The average Bonchev–Trinajstić information content (AvgIpc) is 3.55. The Bertz CT molecular complexity index is 1900. The summed E-state index contributed by atoms with van der Waals surface area (Å²) in [5.41, 5.74) is -0.878. The summed E-state index contributed by atoms with van der Waals surface area (Å²) in [6, 6.07) is 8.07. The Balaban J connectivity index is 1.93. The number of imidazole rings is 1. The Morgan fingerprint density at radius 2 is 1.58 bits per heavy atom. The molecule has 4 rings (SSSR count). The number of anilines is 1. The fraction of sp³-hybridized carbons (Fsp3) is 0.594. The van der Waals surface area contributed by atoms with Crippen molar-refractivity contribution in [2.45, 2.75) is 109 Å². The number of nitrogens with one attached hydrogen (secondary N) is 1. The van der Waals surface area contributed by atoms with Crippen LogP contribution in [-0.4, -0.2) is 88.0 Å². The number of amides is 1. The second-order valence-corrected chi connectivity index (χ2v) is 26.3. The highest BCUT2D eigenvalue weighted by Gasteiger charge is 2.54. The lowest BCUT2D eigenvalue weighted by molar-refractivity contribution is -0.114. The molecule has 2 aromatic heterocycles. The third kappa shape index (κ3) is 8.17. The molecule has 0 radical (unpaired) electrons. The molecule has 1 amide bonds. The number of aromatic nitrogens is 4. The van der Waals surface area contributed by atoms with Crippen molar-refractivity contribution in [2.24, 2.45) is 0 Å². The number of carbonyl (C=O) groups is 2. The molecular weight excluding hydrogens is 703 g/mol. The summed E-state index contributed by atoms with van der Waals surface area (Å²) in [5, 5.41) is 2.00. The van der Waals surface area contributed by atoms with Gasteiger partial charge in [-0.25, -0.2) is 13.7 Å². The van der Waals surface area contributed by atoms with E-state index in [1.54, 1.807) is 18.2 Å². The van der Waals surface area contributed by atoms with Crippen LogP contribution in [0.3, 0.4) is 0 Å². The Morgan fingerprint density at radius 1 is 0.980 bits per heavy atom. The van der Waals surface area contributed by atoms with E-state index in [4.69, 9.17) is 22.0 Å². The largest absolute Gasteiger partial charge is 0.414 e. The summed E-state index contributed by atoms with van der Waals surface area (Å²) in [6.45, 7) is 21.6. The molecule has 50 heavy (non-hydrogen) atoms. The second kappa shape index (κ2) is 14.1. The fourth-order valence-electron chi connectivity index (χ4n) is 4.80. The van der Waals surface area contributed by atoms with Gasteiger partial charge in [-0.3, -0.25) is 28.5 Å². The molecule has 3 heterocycles. The third-order valence-corrected chi connectivity index (χ3v) is 19.6. The zero-order valence-electron chi connectivity index (χ0n) is 30.8. The van der Waals surface area contributed by atoms with Gasteiger partial charge >= 0.3 is 10.4 Å². The molecule has 3 aromatic rings. The predicted molar refractivity (Wildman–Crippen MR) is 192 cm³/mol. The summed E-state index contributed by atoms with van der Waals surface area (Å²) in [7, 11) is -8.58. The molecule has 18 heteroatoms. The summed E-state index contributed by atoms with van der Waals surface area (Å²) in [6.07, 6.45) is -3.17. The lowest BCUT2D eigenvalue weighted by Crippen LogP contribution is -2.50. The molecule has 15 nitrogen and oxygen atoms in total. The van der Waals surface area contributed by atoms with E-state index in [1.165, 1.54) is 30.0 Å². The minimum atomic E-state index is -4.51. The topological polar surface area (TPSA) is 179 Å². The van der Waals surface area contributed by atoms with Crippen molar-refractivity contribution in [3.63, 3.8) is 0 Å². The summed E-state index contributed by atoms with van der Waals surface area (Å²) < 4.78 is 58.2. The second-order valence-electron chi connectivity index (χ2n) is 15.4. The molecule has 0 bridgehead atoms. The fourth-order valence-corrected chi connectivity index (χ4v) is 7.68. The maximum atomic E-state index is 14.0. The Kier molecular flexibility index (Phi) is 11.2.